The average molecular weight is 226 g/mol. The maximum absolute atomic E-state index is 10.7. The van der Waals surface area contributed by atoms with Gasteiger partial charge < -0.3 is 15.1 Å². The van der Waals surface area contributed by atoms with Crippen LogP contribution in [0.15, 0.2) is 18.2 Å². The molecule has 1 aromatic rings. The van der Waals surface area contributed by atoms with E-state index in [1.54, 1.807) is 20.8 Å². The largest absolute Gasteiger partial charge is 0.504 e. The molecule has 0 amide bonds. The van der Waals surface area contributed by atoms with Crippen molar-refractivity contribution in [1.29, 1.82) is 0 Å². The van der Waals surface area contributed by atoms with Gasteiger partial charge in [0, 0.05) is 0 Å². The molecule has 16 heavy (non-hydrogen) atoms. The summed E-state index contributed by atoms with van der Waals surface area (Å²) in [5.74, 6) is -1.69. The first-order chi connectivity index (χ1) is 7.31. The van der Waals surface area contributed by atoms with Crippen LogP contribution in [-0.4, -0.2) is 21.8 Å². The molecular weight excluding hydrogens is 212 g/mol. The van der Waals surface area contributed by atoms with Crippen molar-refractivity contribution >= 4 is 5.97 Å². The van der Waals surface area contributed by atoms with Crippen molar-refractivity contribution in [2.24, 2.45) is 0 Å². The fourth-order valence-corrected chi connectivity index (χ4v) is 0.932. The Hall–Kier alpha value is -1.75. The molecule has 0 aromatic heterocycles. The van der Waals surface area contributed by atoms with Crippen molar-refractivity contribution in [3.8, 4) is 11.5 Å². The third kappa shape index (κ3) is 3.13. The number of rotatable bonds is 3. The van der Waals surface area contributed by atoms with E-state index in [1.165, 1.54) is 18.2 Å². The number of aromatic carboxylic acids is 1. The molecule has 0 fully saturated rings. The van der Waals surface area contributed by atoms with E-state index in [-0.39, 0.29) is 11.3 Å². The van der Waals surface area contributed by atoms with E-state index in [2.05, 4.69) is 0 Å². The van der Waals surface area contributed by atoms with Crippen molar-refractivity contribution in [3.05, 3.63) is 23.8 Å². The Morgan fingerprint density at radius 3 is 2.44 bits per heavy atom. The van der Waals surface area contributed by atoms with E-state index in [4.69, 9.17) is 14.9 Å². The quantitative estimate of drug-likeness (QED) is 0.610. The van der Waals surface area contributed by atoms with E-state index >= 15 is 0 Å². The zero-order valence-corrected chi connectivity index (χ0v) is 9.35. The van der Waals surface area contributed by atoms with Crippen molar-refractivity contribution in [2.45, 2.75) is 26.4 Å². The lowest BCUT2D eigenvalue weighted by Gasteiger charge is -2.18. The van der Waals surface area contributed by atoms with E-state index in [0.717, 1.165) is 0 Å². The predicted molar refractivity (Wildman–Crippen MR) is 56.5 cm³/mol. The summed E-state index contributed by atoms with van der Waals surface area (Å²) in [6.07, 6.45) is 0. The molecule has 0 bridgehead atoms. The van der Waals surface area contributed by atoms with Gasteiger partial charge in [-0.2, -0.15) is 4.89 Å². The third-order valence-electron chi connectivity index (χ3n) is 1.61. The Morgan fingerprint density at radius 1 is 1.31 bits per heavy atom. The van der Waals surface area contributed by atoms with Gasteiger partial charge in [0.05, 0.1) is 0 Å². The molecule has 0 aliphatic carbocycles. The van der Waals surface area contributed by atoms with Crippen molar-refractivity contribution in [2.75, 3.05) is 0 Å². The number of hydrogen-bond acceptors (Lipinski definition) is 4. The second-order valence-corrected chi connectivity index (χ2v) is 4.24. The molecule has 0 atom stereocenters. The molecule has 0 saturated heterocycles. The fourth-order valence-electron chi connectivity index (χ4n) is 0.932. The molecule has 88 valence electrons. The van der Waals surface area contributed by atoms with Gasteiger partial charge in [0.2, 0.25) is 5.75 Å². The molecule has 0 spiro atoms. The van der Waals surface area contributed by atoms with Crippen LogP contribution in [0.2, 0.25) is 0 Å². The fraction of sp³-hybridized carbons (Fsp3) is 0.364. The zero-order chi connectivity index (χ0) is 12.3. The first-order valence-corrected chi connectivity index (χ1v) is 4.72. The second kappa shape index (κ2) is 4.40. The molecule has 2 N–H and O–H groups in total. The molecular formula is C11H14O5. The SMILES string of the molecule is CC(C)(C)OOc1cccc(C(=O)O)c1O. The number of aromatic hydroxyl groups is 1. The number of benzene rings is 1. The van der Waals surface area contributed by atoms with Gasteiger partial charge in [0.1, 0.15) is 11.2 Å². The van der Waals surface area contributed by atoms with E-state index < -0.39 is 17.3 Å². The Kier molecular flexibility index (Phi) is 3.39. The Balaban J connectivity index is 2.90. The highest BCUT2D eigenvalue weighted by atomic mass is 17.2. The highest BCUT2D eigenvalue weighted by Crippen LogP contribution is 2.30. The Bertz CT molecular complexity index is 392. The normalized spacial score (nSPS) is 11.2. The summed E-state index contributed by atoms with van der Waals surface area (Å²) in [5, 5.41) is 18.3. The number of hydrogen-bond donors (Lipinski definition) is 2. The number of para-hydroxylation sites is 1. The summed E-state index contributed by atoms with van der Waals surface area (Å²) in [5.41, 5.74) is -0.777. The van der Waals surface area contributed by atoms with Crippen LogP contribution in [0.25, 0.3) is 0 Å². The topological polar surface area (TPSA) is 76.0 Å². The van der Waals surface area contributed by atoms with Crippen molar-refractivity contribution < 1.29 is 24.8 Å². The predicted octanol–water partition coefficient (Wildman–Crippen LogP) is 2.20. The minimum Gasteiger partial charge on any atom is -0.504 e. The maximum Gasteiger partial charge on any atom is 0.339 e. The van der Waals surface area contributed by atoms with E-state index in [9.17, 15) is 9.90 Å². The first kappa shape index (κ1) is 12.3. The lowest BCUT2D eigenvalue weighted by atomic mass is 10.2. The highest BCUT2D eigenvalue weighted by Gasteiger charge is 2.17. The lowest BCUT2D eigenvalue weighted by Crippen LogP contribution is -2.21. The van der Waals surface area contributed by atoms with Crippen LogP contribution in [0.4, 0.5) is 0 Å². The van der Waals surface area contributed by atoms with Crippen LogP contribution >= 0.6 is 0 Å². The molecule has 5 nitrogen and oxygen atoms in total. The monoisotopic (exact) mass is 226 g/mol. The maximum atomic E-state index is 10.7. The molecule has 0 aliphatic heterocycles. The Morgan fingerprint density at radius 2 is 1.94 bits per heavy atom. The average Bonchev–Trinajstić information content (AvgIpc) is 2.14. The number of phenols is 1. The van der Waals surface area contributed by atoms with Gasteiger partial charge in [-0.25, -0.2) is 4.79 Å². The van der Waals surface area contributed by atoms with Crippen molar-refractivity contribution in [3.63, 3.8) is 0 Å². The van der Waals surface area contributed by atoms with Gasteiger partial charge in [-0.1, -0.05) is 6.07 Å². The lowest BCUT2D eigenvalue weighted by molar-refractivity contribution is -0.275. The number of carbonyl (C=O) groups is 1. The summed E-state index contributed by atoms with van der Waals surface area (Å²) in [6.45, 7) is 5.31. The molecule has 1 rings (SSSR count). The van der Waals surface area contributed by atoms with Crippen LogP contribution in [0.5, 0.6) is 11.5 Å². The van der Waals surface area contributed by atoms with Gasteiger partial charge in [0.25, 0.3) is 0 Å². The van der Waals surface area contributed by atoms with E-state index in [1.807, 2.05) is 0 Å². The molecule has 0 radical (unpaired) electrons. The van der Waals surface area contributed by atoms with Crippen LogP contribution in [-0.2, 0) is 4.89 Å². The Labute approximate surface area is 93.2 Å². The summed E-state index contributed by atoms with van der Waals surface area (Å²) in [4.78, 5) is 20.6. The van der Waals surface area contributed by atoms with Crippen LogP contribution in [0, 0.1) is 0 Å². The number of carboxylic acid groups (broad SMARTS) is 1. The zero-order valence-electron chi connectivity index (χ0n) is 9.35. The van der Waals surface area contributed by atoms with E-state index in [0.29, 0.717) is 0 Å². The van der Waals surface area contributed by atoms with Gasteiger partial charge >= 0.3 is 5.97 Å². The smallest absolute Gasteiger partial charge is 0.339 e. The van der Waals surface area contributed by atoms with Gasteiger partial charge in [-0.15, -0.1) is 0 Å². The van der Waals surface area contributed by atoms with Gasteiger partial charge in [-0.3, -0.25) is 0 Å². The summed E-state index contributed by atoms with van der Waals surface area (Å²) in [7, 11) is 0. The van der Waals surface area contributed by atoms with Gasteiger partial charge in [-0.05, 0) is 32.9 Å². The second-order valence-electron chi connectivity index (χ2n) is 4.24. The minimum atomic E-state index is -1.22. The minimum absolute atomic E-state index is 0.0187. The molecule has 0 saturated carbocycles. The van der Waals surface area contributed by atoms with Crippen LogP contribution in [0.1, 0.15) is 31.1 Å². The molecule has 1 aromatic carbocycles. The van der Waals surface area contributed by atoms with Crippen LogP contribution < -0.4 is 4.89 Å². The highest BCUT2D eigenvalue weighted by molar-refractivity contribution is 5.91. The molecule has 0 aliphatic rings. The van der Waals surface area contributed by atoms with Crippen LogP contribution in [0.3, 0.4) is 0 Å². The molecule has 0 heterocycles. The van der Waals surface area contributed by atoms with Crippen molar-refractivity contribution in [1.82, 2.24) is 0 Å². The summed E-state index contributed by atoms with van der Waals surface area (Å²) < 4.78 is 0. The molecule has 0 unspecified atom stereocenters. The first-order valence-electron chi connectivity index (χ1n) is 4.72. The third-order valence-corrected chi connectivity index (χ3v) is 1.61. The number of carboxylic acids is 1. The van der Waals surface area contributed by atoms with Gasteiger partial charge in [0.15, 0.2) is 5.75 Å². The summed E-state index contributed by atoms with van der Waals surface area (Å²) in [6, 6.07) is 4.17. The summed E-state index contributed by atoms with van der Waals surface area (Å²) >= 11 is 0. The molecule has 5 heteroatoms. The standard InChI is InChI=1S/C11H14O5/c1-11(2,3)16-15-8-6-4-5-7(9(8)12)10(13)14/h4-6,12H,1-3H3,(H,13,14).